The first kappa shape index (κ1) is 14.8. The summed E-state index contributed by atoms with van der Waals surface area (Å²) in [6, 6.07) is 1.94. The number of rotatable bonds is 4. The fourth-order valence-corrected chi connectivity index (χ4v) is 3.18. The molecular formula is C14H17NO4S. The summed E-state index contributed by atoms with van der Waals surface area (Å²) in [5.74, 6) is -0.180. The van der Waals surface area contributed by atoms with Crippen molar-refractivity contribution >= 4 is 23.7 Å². The summed E-state index contributed by atoms with van der Waals surface area (Å²) in [6.45, 7) is 2.05. The molecule has 0 saturated carbocycles. The zero-order chi connectivity index (χ0) is 14.8. The van der Waals surface area contributed by atoms with Crippen molar-refractivity contribution in [3.63, 3.8) is 0 Å². The Hall–Kier alpha value is -1.56. The average molecular weight is 295 g/mol. The van der Waals surface area contributed by atoms with Gasteiger partial charge in [0, 0.05) is 12.6 Å². The predicted octanol–water partition coefficient (Wildman–Crippen LogP) is 1.62. The number of methoxy groups -OCH3 is 2. The average Bonchev–Trinajstić information content (AvgIpc) is 2.85. The van der Waals surface area contributed by atoms with Crippen LogP contribution in [0.25, 0.3) is 0 Å². The second kappa shape index (κ2) is 5.83. The molecule has 0 amide bonds. The third kappa shape index (κ3) is 2.40. The SMILES string of the molecule is CCSc1cc2c(cn1)CC(C(=O)OC)(C(=O)OC)C2. The number of ether oxygens (including phenoxy) is 2. The molecule has 2 rings (SSSR count). The van der Waals surface area contributed by atoms with Gasteiger partial charge >= 0.3 is 11.9 Å². The molecule has 1 aromatic rings. The molecule has 0 N–H and O–H groups in total. The highest BCUT2D eigenvalue weighted by molar-refractivity contribution is 7.99. The Labute approximate surface area is 122 Å². The van der Waals surface area contributed by atoms with Gasteiger partial charge in [-0.15, -0.1) is 11.8 Å². The molecule has 0 fully saturated rings. The van der Waals surface area contributed by atoms with Crippen LogP contribution in [0, 0.1) is 5.41 Å². The Balaban J connectivity index is 2.37. The molecular weight excluding hydrogens is 278 g/mol. The lowest BCUT2D eigenvalue weighted by molar-refractivity contribution is -0.168. The topological polar surface area (TPSA) is 65.5 Å². The monoisotopic (exact) mass is 295 g/mol. The predicted molar refractivity (Wildman–Crippen MR) is 74.5 cm³/mol. The first-order chi connectivity index (χ1) is 9.57. The summed E-state index contributed by atoms with van der Waals surface area (Å²) in [7, 11) is 2.57. The summed E-state index contributed by atoms with van der Waals surface area (Å²) < 4.78 is 9.61. The van der Waals surface area contributed by atoms with E-state index in [0.717, 1.165) is 21.9 Å². The maximum Gasteiger partial charge on any atom is 0.323 e. The van der Waals surface area contributed by atoms with Crippen molar-refractivity contribution in [3.8, 4) is 0 Å². The van der Waals surface area contributed by atoms with Crippen LogP contribution in [0.3, 0.4) is 0 Å². The minimum atomic E-state index is -1.26. The number of esters is 2. The van der Waals surface area contributed by atoms with E-state index in [1.54, 1.807) is 18.0 Å². The van der Waals surface area contributed by atoms with E-state index in [2.05, 4.69) is 4.98 Å². The van der Waals surface area contributed by atoms with Crippen molar-refractivity contribution in [1.29, 1.82) is 0 Å². The molecule has 0 atom stereocenters. The van der Waals surface area contributed by atoms with Gasteiger partial charge in [0.1, 0.15) is 0 Å². The largest absolute Gasteiger partial charge is 0.468 e. The van der Waals surface area contributed by atoms with Crippen LogP contribution in [0.4, 0.5) is 0 Å². The van der Waals surface area contributed by atoms with Crippen molar-refractivity contribution in [1.82, 2.24) is 4.98 Å². The molecule has 0 bridgehead atoms. The van der Waals surface area contributed by atoms with E-state index in [1.165, 1.54) is 14.2 Å². The van der Waals surface area contributed by atoms with Gasteiger partial charge < -0.3 is 9.47 Å². The lowest BCUT2D eigenvalue weighted by Gasteiger charge is -2.22. The first-order valence-electron chi connectivity index (χ1n) is 6.34. The molecule has 5 nitrogen and oxygen atoms in total. The van der Waals surface area contributed by atoms with E-state index in [4.69, 9.17) is 9.47 Å². The van der Waals surface area contributed by atoms with Crippen LogP contribution in [0.15, 0.2) is 17.3 Å². The zero-order valence-electron chi connectivity index (χ0n) is 11.8. The molecule has 1 aromatic heterocycles. The molecule has 108 valence electrons. The van der Waals surface area contributed by atoms with Crippen LogP contribution in [0.5, 0.6) is 0 Å². The second-order valence-corrected chi connectivity index (χ2v) is 5.93. The number of pyridine rings is 1. The molecule has 1 aliphatic carbocycles. The molecule has 0 aliphatic heterocycles. The molecule has 0 radical (unpaired) electrons. The molecule has 20 heavy (non-hydrogen) atoms. The number of carbonyl (C=O) groups excluding carboxylic acids is 2. The van der Waals surface area contributed by atoms with Crippen molar-refractivity contribution < 1.29 is 19.1 Å². The molecule has 0 aromatic carbocycles. The van der Waals surface area contributed by atoms with E-state index in [1.807, 2.05) is 13.0 Å². The van der Waals surface area contributed by atoms with E-state index in [0.29, 0.717) is 6.42 Å². The van der Waals surface area contributed by atoms with Crippen LogP contribution < -0.4 is 0 Å². The highest BCUT2D eigenvalue weighted by atomic mass is 32.2. The lowest BCUT2D eigenvalue weighted by Crippen LogP contribution is -2.42. The number of nitrogens with zero attached hydrogens (tertiary/aromatic N) is 1. The molecule has 1 aliphatic rings. The highest BCUT2D eigenvalue weighted by Gasteiger charge is 2.52. The molecule has 0 saturated heterocycles. The molecule has 0 unspecified atom stereocenters. The third-order valence-electron chi connectivity index (χ3n) is 3.49. The Kier molecular flexibility index (Phi) is 4.32. The van der Waals surface area contributed by atoms with Gasteiger partial charge in [-0.2, -0.15) is 0 Å². The van der Waals surface area contributed by atoms with E-state index >= 15 is 0 Å². The van der Waals surface area contributed by atoms with Crippen molar-refractivity contribution in [2.24, 2.45) is 5.41 Å². The van der Waals surface area contributed by atoms with Gasteiger partial charge in [-0.05, 0) is 29.4 Å². The van der Waals surface area contributed by atoms with Crippen LogP contribution in [0.2, 0.25) is 0 Å². The van der Waals surface area contributed by atoms with Crippen molar-refractivity contribution in [2.45, 2.75) is 24.8 Å². The molecule has 6 heteroatoms. The number of fused-ring (bicyclic) bond motifs is 1. The van der Waals surface area contributed by atoms with Crippen molar-refractivity contribution in [2.75, 3.05) is 20.0 Å². The van der Waals surface area contributed by atoms with Gasteiger partial charge in [0.25, 0.3) is 0 Å². The van der Waals surface area contributed by atoms with Gasteiger partial charge in [0.2, 0.25) is 0 Å². The minimum absolute atomic E-state index is 0.283. The number of carbonyl (C=O) groups is 2. The smallest absolute Gasteiger partial charge is 0.323 e. The number of aromatic nitrogens is 1. The lowest BCUT2D eigenvalue weighted by atomic mass is 9.85. The quantitative estimate of drug-likeness (QED) is 0.478. The van der Waals surface area contributed by atoms with Gasteiger partial charge in [0.05, 0.1) is 19.2 Å². The number of thioether (sulfide) groups is 1. The zero-order valence-corrected chi connectivity index (χ0v) is 12.6. The van der Waals surface area contributed by atoms with Crippen LogP contribution >= 0.6 is 11.8 Å². The van der Waals surface area contributed by atoms with Crippen LogP contribution in [-0.2, 0) is 31.9 Å². The van der Waals surface area contributed by atoms with E-state index in [-0.39, 0.29) is 6.42 Å². The third-order valence-corrected chi connectivity index (χ3v) is 4.29. The minimum Gasteiger partial charge on any atom is -0.468 e. The Morgan fingerprint density at radius 3 is 2.40 bits per heavy atom. The maximum atomic E-state index is 12.1. The molecule has 1 heterocycles. The van der Waals surface area contributed by atoms with Crippen molar-refractivity contribution in [3.05, 3.63) is 23.4 Å². The van der Waals surface area contributed by atoms with E-state index in [9.17, 15) is 9.59 Å². The summed E-state index contributed by atoms with van der Waals surface area (Å²) in [5, 5.41) is 0.900. The van der Waals surface area contributed by atoms with Gasteiger partial charge in [-0.1, -0.05) is 6.92 Å². The standard InChI is InChI=1S/C14H17NO4S/c1-4-20-11-5-9-6-14(12(16)18-2,13(17)19-3)7-10(9)8-15-11/h5,8H,4,6-7H2,1-3H3. The van der Waals surface area contributed by atoms with Gasteiger partial charge in [-0.25, -0.2) is 4.98 Å². The summed E-state index contributed by atoms with van der Waals surface area (Å²) in [4.78, 5) is 28.5. The number of hydrogen-bond donors (Lipinski definition) is 0. The second-order valence-electron chi connectivity index (χ2n) is 4.64. The van der Waals surface area contributed by atoms with Gasteiger partial charge in [-0.3, -0.25) is 9.59 Å². The van der Waals surface area contributed by atoms with E-state index < -0.39 is 17.4 Å². The summed E-state index contributed by atoms with van der Waals surface area (Å²) >= 11 is 1.63. The highest BCUT2D eigenvalue weighted by Crippen LogP contribution is 2.39. The van der Waals surface area contributed by atoms with Crippen LogP contribution in [-0.4, -0.2) is 36.9 Å². The maximum absolute atomic E-state index is 12.1. The summed E-state index contributed by atoms with van der Waals surface area (Å²) in [6.07, 6.45) is 2.33. The Morgan fingerprint density at radius 2 is 1.85 bits per heavy atom. The summed E-state index contributed by atoms with van der Waals surface area (Å²) in [5.41, 5.74) is 0.608. The fraction of sp³-hybridized carbons (Fsp3) is 0.500. The van der Waals surface area contributed by atoms with Gasteiger partial charge in [0.15, 0.2) is 5.41 Å². The Morgan fingerprint density at radius 1 is 1.25 bits per heavy atom. The fourth-order valence-electron chi connectivity index (χ4n) is 2.53. The Bertz CT molecular complexity index is 528. The molecule has 0 spiro atoms. The first-order valence-corrected chi connectivity index (χ1v) is 7.33. The van der Waals surface area contributed by atoms with Crippen LogP contribution in [0.1, 0.15) is 18.1 Å². The normalized spacial score (nSPS) is 15.6. The number of hydrogen-bond acceptors (Lipinski definition) is 6.